The molecule has 0 bridgehead atoms. The summed E-state index contributed by atoms with van der Waals surface area (Å²) in [5.41, 5.74) is 6.99. The largest absolute Gasteiger partial charge is 0.497 e. The summed E-state index contributed by atoms with van der Waals surface area (Å²) in [6.07, 6.45) is 2.24. The van der Waals surface area contributed by atoms with Crippen molar-refractivity contribution in [3.05, 3.63) is 18.2 Å². The van der Waals surface area contributed by atoms with Crippen LogP contribution in [0.15, 0.2) is 23.2 Å². The zero-order valence-electron chi connectivity index (χ0n) is 16.5. The van der Waals surface area contributed by atoms with Crippen LogP contribution < -0.4 is 20.5 Å². The Balaban J connectivity index is 0.00000338. The van der Waals surface area contributed by atoms with Crippen molar-refractivity contribution in [2.45, 2.75) is 45.8 Å². The normalized spacial score (nSPS) is 24.2. The summed E-state index contributed by atoms with van der Waals surface area (Å²) in [4.78, 5) is 4.79. The molecule has 0 aromatic heterocycles. The molecule has 0 radical (unpaired) electrons. The third-order valence-electron chi connectivity index (χ3n) is 5.65. The van der Waals surface area contributed by atoms with Crippen LogP contribution in [0.4, 0.5) is 5.69 Å². The van der Waals surface area contributed by atoms with Crippen LogP contribution in [0.2, 0.25) is 0 Å². The Kier molecular flexibility index (Phi) is 8.46. The first-order valence-electron chi connectivity index (χ1n) is 8.82. The van der Waals surface area contributed by atoms with E-state index in [9.17, 15) is 0 Å². The van der Waals surface area contributed by atoms with E-state index in [2.05, 4.69) is 26.1 Å². The van der Waals surface area contributed by atoms with Crippen LogP contribution in [-0.2, 0) is 4.74 Å². The topological polar surface area (TPSA) is 78.1 Å². The zero-order chi connectivity index (χ0) is 18.6. The van der Waals surface area contributed by atoms with Gasteiger partial charge in [0.2, 0.25) is 0 Å². The third kappa shape index (κ3) is 4.03. The van der Waals surface area contributed by atoms with E-state index in [0.717, 1.165) is 24.3 Å². The summed E-state index contributed by atoms with van der Waals surface area (Å²) < 4.78 is 16.4. The monoisotopic (exact) mass is 477 g/mol. The van der Waals surface area contributed by atoms with Gasteiger partial charge in [0.1, 0.15) is 11.5 Å². The Labute approximate surface area is 173 Å². The van der Waals surface area contributed by atoms with Crippen molar-refractivity contribution in [2.24, 2.45) is 22.1 Å². The van der Waals surface area contributed by atoms with E-state index in [4.69, 9.17) is 24.9 Å². The number of guanidine groups is 1. The average molecular weight is 477 g/mol. The number of rotatable bonds is 7. The molecular weight excluding hydrogens is 445 g/mol. The van der Waals surface area contributed by atoms with Crippen molar-refractivity contribution in [3.8, 4) is 11.5 Å². The Morgan fingerprint density at radius 3 is 2.35 bits per heavy atom. The summed E-state index contributed by atoms with van der Waals surface area (Å²) in [6, 6.07) is 5.66. The lowest BCUT2D eigenvalue weighted by molar-refractivity contribution is -0.156. The molecule has 0 saturated heterocycles. The van der Waals surface area contributed by atoms with Gasteiger partial charge in [-0.3, -0.25) is 0 Å². The van der Waals surface area contributed by atoms with Gasteiger partial charge in [-0.15, -0.1) is 24.0 Å². The van der Waals surface area contributed by atoms with Crippen LogP contribution in [0.5, 0.6) is 11.5 Å². The predicted octanol–water partition coefficient (Wildman–Crippen LogP) is 3.89. The van der Waals surface area contributed by atoms with E-state index >= 15 is 0 Å². The molecule has 0 spiro atoms. The molecule has 2 rings (SSSR count). The minimum atomic E-state index is 0. The van der Waals surface area contributed by atoms with Gasteiger partial charge >= 0.3 is 0 Å². The highest BCUT2D eigenvalue weighted by Gasteiger charge is 2.58. The van der Waals surface area contributed by atoms with Crippen LogP contribution in [0.25, 0.3) is 0 Å². The SMILES string of the molecule is CCC1(CC)C(N=C(N)Nc2cc(OC)ccc2OC)C(C)C1OC.I. The van der Waals surface area contributed by atoms with Crippen LogP contribution in [0.1, 0.15) is 33.6 Å². The van der Waals surface area contributed by atoms with Crippen molar-refractivity contribution in [1.82, 2.24) is 0 Å². The van der Waals surface area contributed by atoms with Gasteiger partial charge in [0.25, 0.3) is 0 Å². The smallest absolute Gasteiger partial charge is 0.193 e. The summed E-state index contributed by atoms with van der Waals surface area (Å²) in [6.45, 7) is 6.56. The standard InChI is InChI=1S/C19H31N3O3.HI/c1-7-19(8-2)16(12(3)17(19)25-6)22-18(20)21-14-11-13(23-4)9-10-15(14)24-5;/h9-12,16-17H,7-8H2,1-6H3,(H3,20,21,22);1H. The van der Waals surface area contributed by atoms with Gasteiger partial charge in [0.15, 0.2) is 5.96 Å². The molecule has 1 aromatic carbocycles. The molecule has 0 aliphatic heterocycles. The molecule has 1 aliphatic rings. The number of nitrogens with one attached hydrogen (secondary N) is 1. The van der Waals surface area contributed by atoms with Crippen molar-refractivity contribution < 1.29 is 14.2 Å². The molecule has 1 saturated carbocycles. The van der Waals surface area contributed by atoms with Crippen LogP contribution in [0, 0.1) is 11.3 Å². The lowest BCUT2D eigenvalue weighted by atomic mass is 9.53. The van der Waals surface area contributed by atoms with E-state index < -0.39 is 0 Å². The lowest BCUT2D eigenvalue weighted by Gasteiger charge is -2.57. The Hall–Kier alpha value is -1.22. The molecule has 1 aromatic rings. The van der Waals surface area contributed by atoms with Crippen LogP contribution in [-0.4, -0.2) is 39.4 Å². The second kappa shape index (κ2) is 9.64. The maximum absolute atomic E-state index is 6.21. The zero-order valence-corrected chi connectivity index (χ0v) is 18.9. The number of methoxy groups -OCH3 is 3. The molecule has 3 unspecified atom stereocenters. The van der Waals surface area contributed by atoms with Gasteiger partial charge in [-0.05, 0) is 25.0 Å². The molecule has 1 fully saturated rings. The lowest BCUT2D eigenvalue weighted by Crippen LogP contribution is -2.63. The second-order valence-corrected chi connectivity index (χ2v) is 6.61. The molecule has 7 heteroatoms. The fraction of sp³-hybridized carbons (Fsp3) is 0.632. The van der Waals surface area contributed by atoms with E-state index in [1.54, 1.807) is 21.3 Å². The van der Waals surface area contributed by atoms with Crippen molar-refractivity contribution in [1.29, 1.82) is 0 Å². The quantitative estimate of drug-likeness (QED) is 0.354. The van der Waals surface area contributed by atoms with Gasteiger partial charge in [-0.2, -0.15) is 0 Å². The number of hydrogen-bond acceptors (Lipinski definition) is 4. The van der Waals surface area contributed by atoms with Crippen molar-refractivity contribution >= 4 is 35.6 Å². The molecule has 148 valence electrons. The molecule has 3 N–H and O–H groups in total. The maximum Gasteiger partial charge on any atom is 0.193 e. The summed E-state index contributed by atoms with van der Waals surface area (Å²) in [7, 11) is 5.03. The average Bonchev–Trinajstić information content (AvgIpc) is 2.63. The minimum absolute atomic E-state index is 0. The minimum Gasteiger partial charge on any atom is -0.497 e. The Morgan fingerprint density at radius 1 is 1.19 bits per heavy atom. The number of nitrogens with two attached hydrogens (primary N) is 1. The van der Waals surface area contributed by atoms with E-state index in [1.165, 1.54) is 0 Å². The van der Waals surface area contributed by atoms with Crippen LogP contribution >= 0.6 is 24.0 Å². The van der Waals surface area contributed by atoms with Gasteiger partial charge < -0.3 is 25.3 Å². The van der Waals surface area contributed by atoms with Gasteiger partial charge in [0, 0.05) is 24.5 Å². The number of hydrogen-bond donors (Lipinski definition) is 2. The summed E-state index contributed by atoms with van der Waals surface area (Å²) in [5, 5.41) is 3.16. The first kappa shape index (κ1) is 22.8. The number of benzene rings is 1. The van der Waals surface area contributed by atoms with Gasteiger partial charge in [-0.25, -0.2) is 4.99 Å². The number of aliphatic imine (C=N–C) groups is 1. The molecule has 1 aliphatic carbocycles. The van der Waals surface area contributed by atoms with E-state index in [-0.39, 0.29) is 41.5 Å². The highest BCUT2D eigenvalue weighted by Crippen LogP contribution is 2.54. The number of anilines is 1. The Morgan fingerprint density at radius 2 is 1.85 bits per heavy atom. The molecule has 3 atom stereocenters. The first-order chi connectivity index (χ1) is 12.0. The molecular formula is C19H32IN3O3. The highest BCUT2D eigenvalue weighted by atomic mass is 127. The number of nitrogens with zero attached hydrogens (tertiary/aromatic N) is 1. The first-order valence-corrected chi connectivity index (χ1v) is 8.82. The summed E-state index contributed by atoms with van der Waals surface area (Å²) >= 11 is 0. The molecule has 6 nitrogen and oxygen atoms in total. The second-order valence-electron chi connectivity index (χ2n) is 6.61. The maximum atomic E-state index is 6.21. The molecule has 0 amide bonds. The fourth-order valence-corrected chi connectivity index (χ4v) is 4.26. The van der Waals surface area contributed by atoms with Gasteiger partial charge in [0.05, 0.1) is 32.1 Å². The predicted molar refractivity (Wildman–Crippen MR) is 117 cm³/mol. The van der Waals surface area contributed by atoms with E-state index in [1.807, 2.05) is 18.2 Å². The van der Waals surface area contributed by atoms with Crippen LogP contribution in [0.3, 0.4) is 0 Å². The summed E-state index contributed by atoms with van der Waals surface area (Å²) in [5.74, 6) is 2.12. The van der Waals surface area contributed by atoms with Crippen molar-refractivity contribution in [2.75, 3.05) is 26.6 Å². The van der Waals surface area contributed by atoms with Gasteiger partial charge in [-0.1, -0.05) is 20.8 Å². The Bertz CT molecular complexity index is 620. The highest BCUT2D eigenvalue weighted by molar-refractivity contribution is 14.0. The molecule has 0 heterocycles. The van der Waals surface area contributed by atoms with E-state index in [0.29, 0.717) is 17.6 Å². The third-order valence-corrected chi connectivity index (χ3v) is 5.65. The fourth-order valence-electron chi connectivity index (χ4n) is 4.26. The van der Waals surface area contributed by atoms with Crippen molar-refractivity contribution in [3.63, 3.8) is 0 Å². The molecule has 26 heavy (non-hydrogen) atoms. The number of halogens is 1. The number of ether oxygens (including phenoxy) is 3.